The number of rotatable bonds is 2. The van der Waals surface area contributed by atoms with Gasteiger partial charge in [-0.15, -0.1) is 31.5 Å². The second kappa shape index (κ2) is 6.00. The lowest BCUT2D eigenvalue weighted by Crippen LogP contribution is -2.20. The maximum atomic E-state index is 4.42. The SMILES string of the molecule is BrB(Br)c1cc(Br)ccc1-c1ccc(Br)cn1. The minimum absolute atomic E-state index is 0.105. The lowest BCUT2D eigenvalue weighted by molar-refractivity contribution is 1.31. The predicted molar refractivity (Wildman–Crippen MR) is 88.3 cm³/mol. The Hall–Kier alpha value is 0.355. The van der Waals surface area contributed by atoms with E-state index in [0.29, 0.717) is 0 Å². The molecule has 0 N–H and O–H groups in total. The summed E-state index contributed by atoms with van der Waals surface area (Å²) in [5.74, 6) is 0. The minimum atomic E-state index is 0.105. The van der Waals surface area contributed by atoms with Gasteiger partial charge in [0.1, 0.15) is 0 Å². The van der Waals surface area contributed by atoms with E-state index in [1.54, 1.807) is 6.20 Å². The molecule has 1 aromatic heterocycles. The third kappa shape index (κ3) is 3.43. The zero-order chi connectivity index (χ0) is 12.4. The molecule has 0 spiro atoms. The van der Waals surface area contributed by atoms with Crippen molar-refractivity contribution < 1.29 is 0 Å². The Kier molecular flexibility index (Phi) is 4.86. The molecule has 0 saturated carbocycles. The zero-order valence-electron chi connectivity index (χ0n) is 8.50. The van der Waals surface area contributed by atoms with Gasteiger partial charge >= 0.3 is 4.36 Å². The van der Waals surface area contributed by atoms with E-state index in [1.807, 2.05) is 18.2 Å². The molecule has 0 atom stereocenters. The van der Waals surface area contributed by atoms with E-state index in [0.717, 1.165) is 25.7 Å². The van der Waals surface area contributed by atoms with Crippen molar-refractivity contribution in [3.05, 3.63) is 45.5 Å². The molecular formula is C11H6BBr4N. The maximum absolute atomic E-state index is 4.42. The number of halogens is 4. The normalized spacial score (nSPS) is 10.4. The maximum Gasteiger partial charge on any atom is 0.330 e. The van der Waals surface area contributed by atoms with Gasteiger partial charge in [-0.05, 0) is 45.2 Å². The zero-order valence-corrected chi connectivity index (χ0v) is 14.8. The van der Waals surface area contributed by atoms with Crippen LogP contribution < -0.4 is 5.46 Å². The molecule has 0 aliphatic rings. The van der Waals surface area contributed by atoms with E-state index < -0.39 is 0 Å². The van der Waals surface area contributed by atoms with Crippen molar-refractivity contribution in [1.82, 2.24) is 4.98 Å². The van der Waals surface area contributed by atoms with E-state index in [9.17, 15) is 0 Å². The number of pyridine rings is 1. The van der Waals surface area contributed by atoms with E-state index in [4.69, 9.17) is 0 Å². The highest BCUT2D eigenvalue weighted by Crippen LogP contribution is 2.22. The van der Waals surface area contributed by atoms with Crippen LogP contribution in [0.15, 0.2) is 45.5 Å². The Morgan fingerprint density at radius 2 is 1.65 bits per heavy atom. The smallest absolute Gasteiger partial charge is 0.255 e. The average Bonchev–Trinajstić information content (AvgIpc) is 2.30. The van der Waals surface area contributed by atoms with Gasteiger partial charge in [-0.25, -0.2) is 0 Å². The van der Waals surface area contributed by atoms with Crippen LogP contribution in [-0.2, 0) is 0 Å². The van der Waals surface area contributed by atoms with E-state index in [-0.39, 0.29) is 4.36 Å². The number of benzene rings is 1. The van der Waals surface area contributed by atoms with Crippen molar-refractivity contribution in [2.45, 2.75) is 0 Å². The van der Waals surface area contributed by atoms with Crippen LogP contribution in [0.5, 0.6) is 0 Å². The Bertz CT molecular complexity index is 527. The summed E-state index contributed by atoms with van der Waals surface area (Å²) < 4.78 is 2.14. The molecular weight excluding hydrogens is 477 g/mol. The molecule has 0 saturated heterocycles. The fourth-order valence-corrected chi connectivity index (χ4v) is 2.85. The quantitative estimate of drug-likeness (QED) is 0.563. The molecule has 0 fully saturated rings. The average molecular weight is 483 g/mol. The fraction of sp³-hybridized carbons (Fsp3) is 0. The van der Waals surface area contributed by atoms with Gasteiger partial charge in [-0.2, -0.15) is 0 Å². The van der Waals surface area contributed by atoms with Crippen LogP contribution in [0.25, 0.3) is 11.3 Å². The van der Waals surface area contributed by atoms with Crippen molar-refractivity contribution in [3.63, 3.8) is 0 Å². The van der Waals surface area contributed by atoms with Crippen LogP contribution in [0.4, 0.5) is 0 Å². The molecule has 2 rings (SSSR count). The highest BCUT2D eigenvalue weighted by molar-refractivity contribution is 9.49. The molecule has 17 heavy (non-hydrogen) atoms. The van der Waals surface area contributed by atoms with E-state index in [2.05, 4.69) is 80.5 Å². The summed E-state index contributed by atoms with van der Waals surface area (Å²) in [4.78, 5) is 4.42. The Morgan fingerprint density at radius 1 is 0.941 bits per heavy atom. The Labute approximate surface area is 134 Å². The van der Waals surface area contributed by atoms with Crippen LogP contribution in [0.2, 0.25) is 0 Å². The molecule has 1 nitrogen and oxygen atoms in total. The predicted octanol–water partition coefficient (Wildman–Crippen LogP) is 4.76. The van der Waals surface area contributed by atoms with Gasteiger partial charge in [0.15, 0.2) is 0 Å². The first kappa shape index (κ1) is 13.8. The summed E-state index contributed by atoms with van der Waals surface area (Å²) in [7, 11) is 0. The topological polar surface area (TPSA) is 12.9 Å². The number of nitrogens with zero attached hydrogens (tertiary/aromatic N) is 1. The molecule has 0 aliphatic carbocycles. The van der Waals surface area contributed by atoms with Gasteiger partial charge in [-0.1, -0.05) is 28.1 Å². The Morgan fingerprint density at radius 3 is 2.24 bits per heavy atom. The first-order chi connectivity index (χ1) is 8.08. The van der Waals surface area contributed by atoms with Gasteiger partial charge in [-0.3, -0.25) is 4.98 Å². The summed E-state index contributed by atoms with van der Waals surface area (Å²) in [6.45, 7) is 0. The van der Waals surface area contributed by atoms with Crippen molar-refractivity contribution in [3.8, 4) is 11.3 Å². The fourth-order valence-electron chi connectivity index (χ4n) is 1.48. The van der Waals surface area contributed by atoms with Crippen LogP contribution in [0.1, 0.15) is 0 Å². The van der Waals surface area contributed by atoms with Crippen LogP contribution in [0.3, 0.4) is 0 Å². The lowest BCUT2D eigenvalue weighted by atomic mass is 9.88. The molecule has 0 bridgehead atoms. The summed E-state index contributed by atoms with van der Waals surface area (Å²) >= 11 is 13.9. The summed E-state index contributed by atoms with van der Waals surface area (Å²) in [5.41, 5.74) is 3.22. The van der Waals surface area contributed by atoms with Gasteiger partial charge in [0.05, 0.1) is 5.69 Å². The minimum Gasteiger partial charge on any atom is -0.255 e. The third-order valence-corrected chi connectivity index (χ3v) is 4.20. The third-order valence-electron chi connectivity index (χ3n) is 2.25. The van der Waals surface area contributed by atoms with Crippen molar-refractivity contribution >= 4 is 73.2 Å². The molecule has 0 unspecified atom stereocenters. The molecule has 1 heterocycles. The number of hydrogen-bond acceptors (Lipinski definition) is 1. The molecule has 0 amide bonds. The highest BCUT2D eigenvalue weighted by atomic mass is 79.9. The van der Waals surface area contributed by atoms with E-state index >= 15 is 0 Å². The largest absolute Gasteiger partial charge is 0.330 e. The summed E-state index contributed by atoms with van der Waals surface area (Å²) in [5, 5.41) is 0. The van der Waals surface area contributed by atoms with Crippen molar-refractivity contribution in [2.24, 2.45) is 0 Å². The molecule has 0 aliphatic heterocycles. The summed E-state index contributed by atoms with van der Waals surface area (Å²) in [6.07, 6.45) is 1.80. The van der Waals surface area contributed by atoms with Gasteiger partial charge in [0.25, 0.3) is 0 Å². The second-order valence-electron chi connectivity index (χ2n) is 3.39. The van der Waals surface area contributed by atoms with Gasteiger partial charge in [0.2, 0.25) is 0 Å². The molecule has 6 heteroatoms. The highest BCUT2D eigenvalue weighted by Gasteiger charge is 2.15. The lowest BCUT2D eigenvalue weighted by Gasteiger charge is -2.09. The van der Waals surface area contributed by atoms with Crippen LogP contribution in [0, 0.1) is 0 Å². The Balaban J connectivity index is 2.54. The first-order valence-corrected chi connectivity index (χ1v) is 8.19. The molecule has 0 radical (unpaired) electrons. The van der Waals surface area contributed by atoms with E-state index in [1.165, 1.54) is 0 Å². The van der Waals surface area contributed by atoms with Crippen LogP contribution in [-0.4, -0.2) is 9.34 Å². The number of hydrogen-bond donors (Lipinski definition) is 0. The molecule has 1 aromatic carbocycles. The van der Waals surface area contributed by atoms with Gasteiger partial charge < -0.3 is 0 Å². The second-order valence-corrected chi connectivity index (χ2v) is 8.29. The van der Waals surface area contributed by atoms with Crippen molar-refractivity contribution in [1.29, 1.82) is 0 Å². The monoisotopic (exact) mass is 479 g/mol. The van der Waals surface area contributed by atoms with Crippen LogP contribution >= 0.6 is 63.4 Å². The standard InChI is InChI=1S/C11H6BBr4N/c13-7-1-3-9(10(5-7)12(15)16)11-4-2-8(14)6-17-11/h1-6H. The first-order valence-electron chi connectivity index (χ1n) is 4.77. The molecule has 86 valence electrons. The summed E-state index contributed by atoms with van der Waals surface area (Å²) in [6, 6.07) is 10.1. The number of aromatic nitrogens is 1. The van der Waals surface area contributed by atoms with Crippen molar-refractivity contribution in [2.75, 3.05) is 0 Å². The molecule has 2 aromatic rings. The van der Waals surface area contributed by atoms with Gasteiger partial charge in [0, 0.05) is 15.1 Å².